The fraction of sp³-hybridized carbons (Fsp3) is 0.485. The zero-order valence-electron chi connectivity index (χ0n) is 24.9. The van der Waals surface area contributed by atoms with Gasteiger partial charge in [0.2, 0.25) is 0 Å². The van der Waals surface area contributed by atoms with E-state index in [-0.39, 0.29) is 24.1 Å². The minimum absolute atomic E-state index is 0.113. The topological polar surface area (TPSA) is 111 Å². The highest BCUT2D eigenvalue weighted by Crippen LogP contribution is 2.41. The van der Waals surface area contributed by atoms with Crippen LogP contribution in [-0.2, 0) is 18.4 Å². The summed E-state index contributed by atoms with van der Waals surface area (Å²) in [5.41, 5.74) is 3.42. The number of hydrogen-bond acceptors (Lipinski definition) is 6. The summed E-state index contributed by atoms with van der Waals surface area (Å²) in [6.07, 6.45) is 7.93. The average Bonchev–Trinajstić information content (AvgIpc) is 3.50. The van der Waals surface area contributed by atoms with Crippen molar-refractivity contribution in [2.24, 2.45) is 0 Å². The summed E-state index contributed by atoms with van der Waals surface area (Å²) in [6.45, 7) is 10.5. The summed E-state index contributed by atoms with van der Waals surface area (Å²) in [6, 6.07) is 13.1. The molecule has 2 N–H and O–H groups in total. The van der Waals surface area contributed by atoms with Crippen molar-refractivity contribution in [2.45, 2.75) is 97.6 Å². The van der Waals surface area contributed by atoms with Gasteiger partial charge in [-0.05, 0) is 55.7 Å². The number of aryl methyl sites for hydroxylation is 2. The number of aromatic nitrogens is 3. The molecule has 0 saturated carbocycles. The summed E-state index contributed by atoms with van der Waals surface area (Å²) in [4.78, 5) is 16.3. The Morgan fingerprint density at radius 3 is 2.39 bits per heavy atom. The molecule has 1 atom stereocenters. The largest absolute Gasteiger partial charge is 0.491 e. The number of carbonyl (C=O) groups is 1. The first-order chi connectivity index (χ1) is 19.6. The molecule has 0 fully saturated rings. The van der Waals surface area contributed by atoms with Crippen LogP contribution in [0.15, 0.2) is 47.0 Å². The molecule has 8 nitrogen and oxygen atoms in total. The van der Waals surface area contributed by atoms with Crippen molar-refractivity contribution in [1.29, 1.82) is 0 Å². The molecule has 0 aliphatic carbocycles. The number of aromatic carboxylic acids is 1. The number of rotatable bonds is 14. The van der Waals surface area contributed by atoms with Gasteiger partial charge in [-0.25, -0.2) is 4.79 Å². The van der Waals surface area contributed by atoms with Crippen LogP contribution in [-0.4, -0.2) is 43.6 Å². The molecule has 8 heteroatoms. The quantitative estimate of drug-likeness (QED) is 0.155. The fourth-order valence-corrected chi connectivity index (χ4v) is 5.39. The molecular formula is C33H43N3O5. The Kier molecular flexibility index (Phi) is 9.86. The Labute approximate surface area is 242 Å². The van der Waals surface area contributed by atoms with Gasteiger partial charge in [-0.15, -0.1) is 0 Å². The molecule has 0 bridgehead atoms. The number of benzene rings is 2. The molecule has 0 spiro atoms. The lowest BCUT2D eigenvalue weighted by molar-refractivity contribution is 0.0697. The zero-order chi connectivity index (χ0) is 29.6. The van der Waals surface area contributed by atoms with Crippen LogP contribution in [0.25, 0.3) is 22.4 Å². The summed E-state index contributed by atoms with van der Waals surface area (Å²) in [7, 11) is 0. The third-order valence-electron chi connectivity index (χ3n) is 7.34. The molecule has 2 aromatic heterocycles. The van der Waals surface area contributed by atoms with Gasteiger partial charge in [0.15, 0.2) is 5.82 Å². The third kappa shape index (κ3) is 7.55. The van der Waals surface area contributed by atoms with E-state index in [9.17, 15) is 15.0 Å². The third-order valence-corrected chi connectivity index (χ3v) is 7.34. The van der Waals surface area contributed by atoms with Crippen LogP contribution in [0.1, 0.15) is 93.7 Å². The number of carboxylic acids is 1. The molecule has 4 rings (SSSR count). The standard InChI is InChI=1S/C33H43N3O5/c1-6-7-8-9-10-11-12-23-13-16-26(17-14-23)40-21-25(37)20-36-28-18-15-24(32(38)39)19-27(28)29(30(36)33(3,4)5)31-34-22(2)35-41-31/h13-19,25,37H,6-12,20-21H2,1-5H3,(H,38,39). The highest BCUT2D eigenvalue weighted by Gasteiger charge is 2.31. The van der Waals surface area contributed by atoms with Gasteiger partial charge in [0, 0.05) is 22.0 Å². The molecule has 220 valence electrons. The van der Waals surface area contributed by atoms with Gasteiger partial charge in [0.25, 0.3) is 5.89 Å². The van der Waals surface area contributed by atoms with Crippen LogP contribution in [0.2, 0.25) is 0 Å². The maximum Gasteiger partial charge on any atom is 0.335 e. The first-order valence-electron chi connectivity index (χ1n) is 14.7. The van der Waals surface area contributed by atoms with Crippen molar-refractivity contribution in [3.63, 3.8) is 0 Å². The van der Waals surface area contributed by atoms with E-state index >= 15 is 0 Å². The monoisotopic (exact) mass is 561 g/mol. The second kappa shape index (κ2) is 13.3. The van der Waals surface area contributed by atoms with Gasteiger partial charge in [-0.1, -0.05) is 77.1 Å². The van der Waals surface area contributed by atoms with Crippen molar-refractivity contribution in [2.75, 3.05) is 6.61 Å². The van der Waals surface area contributed by atoms with E-state index < -0.39 is 12.1 Å². The molecule has 0 amide bonds. The van der Waals surface area contributed by atoms with E-state index in [0.717, 1.165) is 23.4 Å². The SMILES string of the molecule is CCCCCCCCc1ccc(OCC(O)Cn2c(C(C)(C)C)c(-c3nc(C)no3)c3cc(C(=O)O)ccc32)cc1. The Bertz CT molecular complexity index is 1450. The summed E-state index contributed by atoms with van der Waals surface area (Å²) < 4.78 is 13.6. The molecule has 1 unspecified atom stereocenters. The summed E-state index contributed by atoms with van der Waals surface area (Å²) in [5, 5.41) is 25.4. The van der Waals surface area contributed by atoms with Crippen molar-refractivity contribution in [3.05, 3.63) is 65.1 Å². The first kappa shape index (κ1) is 30.3. The van der Waals surface area contributed by atoms with Crippen LogP contribution in [0.5, 0.6) is 5.75 Å². The number of nitrogens with zero attached hydrogens (tertiary/aromatic N) is 3. The van der Waals surface area contributed by atoms with Crippen molar-refractivity contribution in [1.82, 2.24) is 14.7 Å². The van der Waals surface area contributed by atoms with Crippen LogP contribution < -0.4 is 4.74 Å². The van der Waals surface area contributed by atoms with Crippen molar-refractivity contribution < 1.29 is 24.3 Å². The Morgan fingerprint density at radius 2 is 1.76 bits per heavy atom. The van der Waals surface area contributed by atoms with Crippen LogP contribution in [0, 0.1) is 6.92 Å². The number of fused-ring (bicyclic) bond motifs is 1. The van der Waals surface area contributed by atoms with E-state index in [1.165, 1.54) is 44.1 Å². The minimum Gasteiger partial charge on any atom is -0.491 e. The van der Waals surface area contributed by atoms with Crippen molar-refractivity contribution >= 4 is 16.9 Å². The van der Waals surface area contributed by atoms with Crippen LogP contribution in [0.4, 0.5) is 0 Å². The fourth-order valence-electron chi connectivity index (χ4n) is 5.39. The highest BCUT2D eigenvalue weighted by atomic mass is 16.5. The minimum atomic E-state index is -1.02. The predicted molar refractivity (Wildman–Crippen MR) is 161 cm³/mol. The van der Waals surface area contributed by atoms with Gasteiger partial charge < -0.3 is 24.0 Å². The first-order valence-corrected chi connectivity index (χ1v) is 14.7. The summed E-state index contributed by atoms with van der Waals surface area (Å²) in [5.74, 6) is 0.514. The van der Waals surface area contributed by atoms with Gasteiger partial charge in [0.05, 0.1) is 17.7 Å². The molecule has 2 aromatic carbocycles. The van der Waals surface area contributed by atoms with Crippen LogP contribution in [0.3, 0.4) is 0 Å². The lowest BCUT2D eigenvalue weighted by Gasteiger charge is -2.25. The molecular weight excluding hydrogens is 518 g/mol. The molecule has 0 saturated heterocycles. The second-order valence-electron chi connectivity index (χ2n) is 11.9. The summed E-state index contributed by atoms with van der Waals surface area (Å²) >= 11 is 0. The molecule has 0 radical (unpaired) electrons. The van der Waals surface area contributed by atoms with Gasteiger partial charge in [-0.2, -0.15) is 4.98 Å². The van der Waals surface area contributed by atoms with E-state index in [2.05, 4.69) is 50.0 Å². The Hall–Kier alpha value is -3.65. The van der Waals surface area contributed by atoms with E-state index in [1.807, 2.05) is 16.7 Å². The predicted octanol–water partition coefficient (Wildman–Crippen LogP) is 7.34. The lowest BCUT2D eigenvalue weighted by atomic mass is 9.88. The molecule has 0 aliphatic heterocycles. The smallest absolute Gasteiger partial charge is 0.335 e. The number of carboxylic acid groups (broad SMARTS) is 1. The normalized spacial score (nSPS) is 12.6. The Morgan fingerprint density at radius 1 is 1.05 bits per heavy atom. The van der Waals surface area contributed by atoms with E-state index in [4.69, 9.17) is 9.26 Å². The maximum atomic E-state index is 11.8. The zero-order valence-corrected chi connectivity index (χ0v) is 24.9. The average molecular weight is 562 g/mol. The lowest BCUT2D eigenvalue weighted by Crippen LogP contribution is -2.27. The van der Waals surface area contributed by atoms with Gasteiger partial charge >= 0.3 is 5.97 Å². The van der Waals surface area contributed by atoms with Gasteiger partial charge in [-0.3, -0.25) is 0 Å². The number of unbranched alkanes of at least 4 members (excludes halogenated alkanes) is 5. The number of hydrogen-bond donors (Lipinski definition) is 2. The Balaban J connectivity index is 1.51. The highest BCUT2D eigenvalue weighted by molar-refractivity contribution is 6.01. The number of aliphatic hydroxyl groups is 1. The van der Waals surface area contributed by atoms with Gasteiger partial charge in [0.1, 0.15) is 18.5 Å². The maximum absolute atomic E-state index is 11.8. The molecule has 2 heterocycles. The van der Waals surface area contributed by atoms with Crippen molar-refractivity contribution in [3.8, 4) is 17.2 Å². The number of ether oxygens (including phenoxy) is 1. The molecule has 0 aliphatic rings. The molecule has 4 aromatic rings. The van der Waals surface area contributed by atoms with E-state index in [1.54, 1.807) is 25.1 Å². The molecule has 41 heavy (non-hydrogen) atoms. The second-order valence-corrected chi connectivity index (χ2v) is 11.9. The van der Waals surface area contributed by atoms with Crippen LogP contribution >= 0.6 is 0 Å². The van der Waals surface area contributed by atoms with E-state index in [0.29, 0.717) is 22.7 Å². The number of aliphatic hydroxyl groups excluding tert-OH is 1.